The second-order valence-electron chi connectivity index (χ2n) is 5.84. The number of aliphatic hydroxyl groups is 1. The van der Waals surface area contributed by atoms with Crippen LogP contribution in [0.15, 0.2) is 42.9 Å². The van der Waals surface area contributed by atoms with Crippen LogP contribution < -0.4 is 10.1 Å². The molecular weight excluding hydrogens is 377 g/mol. The van der Waals surface area contributed by atoms with Gasteiger partial charge in [-0.1, -0.05) is 0 Å². The third-order valence-electron chi connectivity index (χ3n) is 3.74. The van der Waals surface area contributed by atoms with Gasteiger partial charge in [-0.25, -0.2) is 15.0 Å². The SMILES string of the molecule is COC[C@H](O)CNc1ncc(Oc2ccc(C(F)(F)F)cc2)c2nccnc12. The highest BCUT2D eigenvalue weighted by Crippen LogP contribution is 2.33. The summed E-state index contributed by atoms with van der Waals surface area (Å²) in [6.07, 6.45) is -0.825. The van der Waals surface area contributed by atoms with Gasteiger partial charge in [-0.2, -0.15) is 13.2 Å². The molecule has 0 aliphatic carbocycles. The van der Waals surface area contributed by atoms with Crippen molar-refractivity contribution in [2.24, 2.45) is 0 Å². The number of ether oxygens (including phenoxy) is 2. The minimum Gasteiger partial charge on any atom is -0.453 e. The number of rotatable bonds is 7. The summed E-state index contributed by atoms with van der Waals surface area (Å²) in [7, 11) is 1.48. The highest BCUT2D eigenvalue weighted by molar-refractivity contribution is 5.89. The van der Waals surface area contributed by atoms with Gasteiger partial charge in [-0.3, -0.25) is 0 Å². The van der Waals surface area contributed by atoms with Crippen LogP contribution in [0, 0.1) is 0 Å². The van der Waals surface area contributed by atoms with E-state index in [0.717, 1.165) is 12.1 Å². The Kier molecular flexibility index (Phi) is 5.90. The molecule has 28 heavy (non-hydrogen) atoms. The second-order valence-corrected chi connectivity index (χ2v) is 5.84. The Bertz CT molecular complexity index is 936. The first kappa shape index (κ1) is 19.8. The van der Waals surface area contributed by atoms with Crippen molar-refractivity contribution in [3.63, 3.8) is 0 Å². The summed E-state index contributed by atoms with van der Waals surface area (Å²) in [5, 5.41) is 12.7. The van der Waals surface area contributed by atoms with Gasteiger partial charge in [0.25, 0.3) is 0 Å². The molecule has 0 fully saturated rings. The normalized spacial score (nSPS) is 12.8. The lowest BCUT2D eigenvalue weighted by atomic mass is 10.2. The van der Waals surface area contributed by atoms with Crippen molar-refractivity contribution in [2.75, 3.05) is 25.6 Å². The topological polar surface area (TPSA) is 89.4 Å². The van der Waals surface area contributed by atoms with Gasteiger partial charge in [-0.15, -0.1) is 0 Å². The largest absolute Gasteiger partial charge is 0.453 e. The monoisotopic (exact) mass is 394 g/mol. The standard InChI is InChI=1S/C18H17F3N4O3/c1-27-10-12(26)8-24-17-16-15(22-6-7-23-16)14(9-25-17)28-13-4-2-11(3-5-13)18(19,20)21/h2-7,9,12,26H,8,10H2,1H3,(H,24,25)/t12-/m1/s1. The molecule has 0 saturated heterocycles. The van der Waals surface area contributed by atoms with Crippen molar-refractivity contribution < 1.29 is 27.8 Å². The molecule has 2 N–H and O–H groups in total. The van der Waals surface area contributed by atoms with E-state index in [1.54, 1.807) is 0 Å². The number of alkyl halides is 3. The lowest BCUT2D eigenvalue weighted by Gasteiger charge is -2.14. The summed E-state index contributed by atoms with van der Waals surface area (Å²) >= 11 is 0. The zero-order valence-electron chi connectivity index (χ0n) is 14.8. The van der Waals surface area contributed by atoms with Gasteiger partial charge in [0.2, 0.25) is 0 Å². The van der Waals surface area contributed by atoms with Crippen molar-refractivity contribution in [2.45, 2.75) is 12.3 Å². The smallest absolute Gasteiger partial charge is 0.416 e. The third kappa shape index (κ3) is 4.65. The third-order valence-corrected chi connectivity index (χ3v) is 3.74. The van der Waals surface area contributed by atoms with Gasteiger partial charge in [0.1, 0.15) is 16.8 Å². The van der Waals surface area contributed by atoms with Crippen molar-refractivity contribution in [3.8, 4) is 11.5 Å². The summed E-state index contributed by atoms with van der Waals surface area (Å²) in [6.45, 7) is 0.345. The maximum atomic E-state index is 12.7. The highest BCUT2D eigenvalue weighted by Gasteiger charge is 2.30. The molecule has 3 rings (SSSR count). The zero-order valence-corrected chi connectivity index (χ0v) is 14.8. The van der Waals surface area contributed by atoms with E-state index in [4.69, 9.17) is 9.47 Å². The number of hydrogen-bond donors (Lipinski definition) is 2. The maximum Gasteiger partial charge on any atom is 0.416 e. The number of hydrogen-bond acceptors (Lipinski definition) is 7. The number of fused-ring (bicyclic) bond motifs is 1. The van der Waals surface area contributed by atoms with Crippen LogP contribution in [-0.4, -0.2) is 46.4 Å². The molecule has 1 atom stereocenters. The first-order valence-electron chi connectivity index (χ1n) is 8.24. The first-order valence-corrected chi connectivity index (χ1v) is 8.24. The van der Waals surface area contributed by atoms with Gasteiger partial charge >= 0.3 is 6.18 Å². The minimum absolute atomic E-state index is 0.158. The molecule has 0 aliphatic rings. The summed E-state index contributed by atoms with van der Waals surface area (Å²) in [5.74, 6) is 0.835. The molecule has 2 aromatic heterocycles. The maximum absolute atomic E-state index is 12.7. The molecule has 0 aliphatic heterocycles. The second kappa shape index (κ2) is 8.36. The van der Waals surface area contributed by atoms with Crippen LogP contribution in [0.2, 0.25) is 0 Å². The number of pyridine rings is 1. The van der Waals surface area contributed by atoms with Crippen molar-refractivity contribution >= 4 is 16.9 Å². The summed E-state index contributed by atoms with van der Waals surface area (Å²) in [4.78, 5) is 12.7. The summed E-state index contributed by atoms with van der Waals surface area (Å²) in [5.41, 5.74) is 0.00875. The van der Waals surface area contributed by atoms with E-state index in [1.165, 1.54) is 37.8 Å². The lowest BCUT2D eigenvalue weighted by molar-refractivity contribution is -0.137. The fourth-order valence-electron chi connectivity index (χ4n) is 2.45. The van der Waals surface area contributed by atoms with Crippen LogP contribution >= 0.6 is 0 Å². The molecular formula is C18H17F3N4O3. The number of nitrogens with one attached hydrogen (secondary N) is 1. The molecule has 10 heteroatoms. The molecule has 0 saturated carbocycles. The predicted octanol–water partition coefficient (Wildman–Crippen LogP) is 3.26. The van der Waals surface area contributed by atoms with Crippen LogP contribution in [0.25, 0.3) is 11.0 Å². The Morgan fingerprint density at radius 3 is 2.39 bits per heavy atom. The Morgan fingerprint density at radius 2 is 1.75 bits per heavy atom. The van der Waals surface area contributed by atoms with E-state index in [-0.39, 0.29) is 24.7 Å². The number of benzene rings is 1. The van der Waals surface area contributed by atoms with E-state index < -0.39 is 17.8 Å². The Labute approximate surface area is 158 Å². The van der Waals surface area contributed by atoms with Crippen molar-refractivity contribution in [1.82, 2.24) is 15.0 Å². The van der Waals surface area contributed by atoms with E-state index in [9.17, 15) is 18.3 Å². The Balaban J connectivity index is 1.84. The Morgan fingerprint density at radius 1 is 1.07 bits per heavy atom. The van der Waals surface area contributed by atoms with Gasteiger partial charge in [0.15, 0.2) is 11.6 Å². The average Bonchev–Trinajstić information content (AvgIpc) is 2.67. The van der Waals surface area contributed by atoms with Gasteiger partial charge in [0.05, 0.1) is 24.5 Å². The molecule has 0 radical (unpaired) electrons. The van der Waals surface area contributed by atoms with E-state index in [1.807, 2.05) is 0 Å². The summed E-state index contributed by atoms with van der Waals surface area (Å²) in [6, 6.07) is 4.31. The van der Waals surface area contributed by atoms with Crippen LogP contribution in [0.5, 0.6) is 11.5 Å². The molecule has 1 aromatic carbocycles. The Hall–Kier alpha value is -2.98. The highest BCUT2D eigenvalue weighted by atomic mass is 19.4. The van der Waals surface area contributed by atoms with Gasteiger partial charge < -0.3 is 19.9 Å². The quantitative estimate of drug-likeness (QED) is 0.636. The molecule has 7 nitrogen and oxygen atoms in total. The van der Waals surface area contributed by atoms with Gasteiger partial charge in [0, 0.05) is 26.0 Å². The molecule has 0 amide bonds. The zero-order chi connectivity index (χ0) is 20.1. The van der Waals surface area contributed by atoms with Crippen LogP contribution in [0.3, 0.4) is 0 Å². The van der Waals surface area contributed by atoms with Crippen LogP contribution in [0.1, 0.15) is 5.56 Å². The molecule has 0 spiro atoms. The molecule has 2 heterocycles. The lowest BCUT2D eigenvalue weighted by Crippen LogP contribution is -2.24. The molecule has 0 bridgehead atoms. The van der Waals surface area contributed by atoms with Crippen LogP contribution in [-0.2, 0) is 10.9 Å². The number of anilines is 1. The summed E-state index contributed by atoms with van der Waals surface area (Å²) < 4.78 is 48.5. The van der Waals surface area contributed by atoms with Gasteiger partial charge in [-0.05, 0) is 24.3 Å². The fraction of sp³-hybridized carbons (Fsp3) is 0.278. The van der Waals surface area contributed by atoms with Crippen molar-refractivity contribution in [1.29, 1.82) is 0 Å². The number of methoxy groups -OCH3 is 1. The van der Waals surface area contributed by atoms with Crippen LogP contribution in [0.4, 0.5) is 19.0 Å². The molecule has 3 aromatic rings. The average molecular weight is 394 g/mol. The fourth-order valence-corrected chi connectivity index (χ4v) is 2.45. The molecule has 0 unspecified atom stereocenters. The predicted molar refractivity (Wildman–Crippen MR) is 95.2 cm³/mol. The number of aliphatic hydroxyl groups excluding tert-OH is 1. The van der Waals surface area contributed by atoms with E-state index in [2.05, 4.69) is 20.3 Å². The number of halogens is 3. The molecule has 148 valence electrons. The van der Waals surface area contributed by atoms with E-state index in [0.29, 0.717) is 16.9 Å². The van der Waals surface area contributed by atoms with Crippen molar-refractivity contribution in [3.05, 3.63) is 48.4 Å². The number of nitrogens with zero attached hydrogens (tertiary/aromatic N) is 3. The first-order chi connectivity index (χ1) is 13.4. The van der Waals surface area contributed by atoms with E-state index >= 15 is 0 Å². The number of aromatic nitrogens is 3. The minimum atomic E-state index is -4.42.